The first-order chi connectivity index (χ1) is 3.63. The van der Waals surface area contributed by atoms with Crippen molar-refractivity contribution in [2.45, 2.75) is 6.92 Å². The van der Waals surface area contributed by atoms with Gasteiger partial charge >= 0.3 is 0 Å². The van der Waals surface area contributed by atoms with E-state index < -0.39 is 0 Å². The molecule has 0 N–H and O–H groups in total. The highest BCUT2D eigenvalue weighted by atomic mass is 15.3. The molecule has 1 aliphatic rings. The lowest BCUT2D eigenvalue weighted by molar-refractivity contribution is -0.747. The zero-order valence-corrected chi connectivity index (χ0v) is 5.55. The van der Waals surface area contributed by atoms with Crippen molar-refractivity contribution in [3.8, 4) is 0 Å². The van der Waals surface area contributed by atoms with Gasteiger partial charge in [-0.1, -0.05) is 0 Å². The van der Waals surface area contributed by atoms with Crippen LogP contribution in [0.4, 0.5) is 0 Å². The van der Waals surface area contributed by atoms with Gasteiger partial charge in [0, 0.05) is 6.92 Å². The third kappa shape index (κ3) is 0.670. The van der Waals surface area contributed by atoms with E-state index in [0.717, 1.165) is 4.48 Å². The molecule has 0 bridgehead atoms. The molecule has 2 heteroatoms. The van der Waals surface area contributed by atoms with Crippen LogP contribution in [-0.4, -0.2) is 24.9 Å². The molecule has 1 heterocycles. The van der Waals surface area contributed by atoms with E-state index in [-0.39, 0.29) is 0 Å². The van der Waals surface area contributed by atoms with Crippen LogP contribution in [0.5, 0.6) is 0 Å². The molecule has 1 rings (SSSR count). The highest BCUT2D eigenvalue weighted by Crippen LogP contribution is 2.11. The maximum absolute atomic E-state index is 4.00. The maximum atomic E-state index is 4.00. The maximum Gasteiger partial charge on any atom is 0.194 e. The molecule has 0 saturated heterocycles. The summed E-state index contributed by atoms with van der Waals surface area (Å²) in [5.41, 5.74) is 1.28. The number of allylic oxidation sites excluding steroid dienone is 1. The van der Waals surface area contributed by atoms with Gasteiger partial charge in [-0.2, -0.15) is 0 Å². The Bertz CT molecular complexity index is 154. The Morgan fingerprint density at radius 1 is 1.50 bits per heavy atom. The second kappa shape index (κ2) is 1.42. The number of hydrogen-bond acceptors (Lipinski definition) is 1. The lowest BCUT2D eigenvalue weighted by Crippen LogP contribution is -2.32. The van der Waals surface area contributed by atoms with Crippen molar-refractivity contribution in [3.05, 3.63) is 11.9 Å². The van der Waals surface area contributed by atoms with E-state index in [1.54, 1.807) is 0 Å². The van der Waals surface area contributed by atoms with E-state index in [2.05, 4.69) is 26.0 Å². The molecule has 0 atom stereocenters. The lowest BCUT2D eigenvalue weighted by atomic mass is 10.4. The quantitative estimate of drug-likeness (QED) is 0.413. The largest absolute Gasteiger partial charge is 0.256 e. The van der Waals surface area contributed by atoms with Gasteiger partial charge in [0.1, 0.15) is 5.70 Å². The van der Waals surface area contributed by atoms with E-state index >= 15 is 0 Å². The molecule has 8 heavy (non-hydrogen) atoms. The Morgan fingerprint density at radius 2 is 2.12 bits per heavy atom. The van der Waals surface area contributed by atoms with Gasteiger partial charge in [0.15, 0.2) is 6.34 Å². The summed E-state index contributed by atoms with van der Waals surface area (Å²) in [5.74, 6) is 0. The molecule has 0 aromatic heterocycles. The van der Waals surface area contributed by atoms with Crippen molar-refractivity contribution in [2.24, 2.45) is 4.99 Å². The monoisotopic (exact) mass is 111 g/mol. The van der Waals surface area contributed by atoms with Gasteiger partial charge in [-0.15, -0.1) is 0 Å². The van der Waals surface area contributed by atoms with Crippen LogP contribution in [0, 0.1) is 0 Å². The number of quaternary nitrogens is 1. The molecule has 0 aromatic carbocycles. The average molecular weight is 111 g/mol. The molecule has 0 unspecified atom stereocenters. The van der Waals surface area contributed by atoms with Crippen LogP contribution in [0.1, 0.15) is 6.92 Å². The molecular weight excluding hydrogens is 100 g/mol. The van der Waals surface area contributed by atoms with Crippen molar-refractivity contribution >= 4 is 6.34 Å². The summed E-state index contributed by atoms with van der Waals surface area (Å²) < 4.78 is 0.806. The first kappa shape index (κ1) is 5.51. The predicted molar refractivity (Wildman–Crippen MR) is 34.4 cm³/mol. The topological polar surface area (TPSA) is 12.4 Å². The van der Waals surface area contributed by atoms with E-state index in [1.807, 2.05) is 12.5 Å². The van der Waals surface area contributed by atoms with Crippen LogP contribution in [0.2, 0.25) is 0 Å². The number of aliphatic imine (C=N–C) groups is 1. The number of rotatable bonds is 0. The highest BCUT2D eigenvalue weighted by molar-refractivity contribution is 5.51. The molecule has 0 radical (unpaired) electrons. The first-order valence-electron chi connectivity index (χ1n) is 2.68. The van der Waals surface area contributed by atoms with Crippen LogP contribution in [0.25, 0.3) is 0 Å². The fraction of sp³-hybridized carbons (Fsp3) is 0.500. The number of nitrogens with zero attached hydrogens (tertiary/aromatic N) is 2. The lowest BCUT2D eigenvalue weighted by Gasteiger charge is -2.18. The van der Waals surface area contributed by atoms with Gasteiger partial charge in [0.05, 0.1) is 20.3 Å². The second-order valence-electron chi connectivity index (χ2n) is 2.57. The van der Waals surface area contributed by atoms with E-state index in [4.69, 9.17) is 0 Å². The molecule has 0 fully saturated rings. The van der Waals surface area contributed by atoms with Gasteiger partial charge in [-0.25, -0.2) is 4.99 Å². The summed E-state index contributed by atoms with van der Waals surface area (Å²) in [6.45, 7) is 2.08. The molecule has 0 amide bonds. The Morgan fingerprint density at radius 3 is 2.25 bits per heavy atom. The molecule has 0 spiro atoms. The van der Waals surface area contributed by atoms with E-state index in [0.29, 0.717) is 0 Å². The first-order valence-corrected chi connectivity index (χ1v) is 2.68. The Hall–Kier alpha value is -0.630. The van der Waals surface area contributed by atoms with Gasteiger partial charge in [-0.3, -0.25) is 4.48 Å². The zero-order valence-electron chi connectivity index (χ0n) is 5.55. The molecular formula is C6H11N2+. The summed E-state index contributed by atoms with van der Waals surface area (Å²) >= 11 is 0. The summed E-state index contributed by atoms with van der Waals surface area (Å²) in [5, 5.41) is 0. The molecule has 0 saturated carbocycles. The summed E-state index contributed by atoms with van der Waals surface area (Å²) in [6, 6.07) is 0. The fourth-order valence-electron chi connectivity index (χ4n) is 0.548. The van der Waals surface area contributed by atoms with Gasteiger partial charge in [0.25, 0.3) is 0 Å². The van der Waals surface area contributed by atoms with Crippen molar-refractivity contribution in [3.63, 3.8) is 0 Å². The second-order valence-corrected chi connectivity index (χ2v) is 2.57. The molecule has 44 valence electrons. The van der Waals surface area contributed by atoms with Crippen LogP contribution >= 0.6 is 0 Å². The van der Waals surface area contributed by atoms with Crippen LogP contribution < -0.4 is 0 Å². The third-order valence-corrected chi connectivity index (χ3v) is 1.53. The van der Waals surface area contributed by atoms with E-state index in [9.17, 15) is 0 Å². The van der Waals surface area contributed by atoms with Crippen molar-refractivity contribution in [1.29, 1.82) is 0 Å². The highest BCUT2D eigenvalue weighted by Gasteiger charge is 2.18. The molecule has 2 nitrogen and oxygen atoms in total. The molecule has 1 aliphatic heterocycles. The molecule has 0 aliphatic carbocycles. The minimum Gasteiger partial charge on any atom is -0.256 e. The average Bonchev–Trinajstić information content (AvgIpc) is 1.86. The van der Waals surface area contributed by atoms with Crippen LogP contribution in [-0.2, 0) is 0 Å². The Labute approximate surface area is 49.7 Å². The minimum atomic E-state index is 0.806. The normalized spacial score (nSPS) is 23.6. The van der Waals surface area contributed by atoms with Crippen LogP contribution in [0.15, 0.2) is 16.9 Å². The van der Waals surface area contributed by atoms with Gasteiger partial charge in [0.2, 0.25) is 0 Å². The standard InChI is InChI=1S/C6H11N2/c1-6-4-7-5-8(6,2)3/h4-5H,1-3H3/q+1. The zero-order chi connectivity index (χ0) is 6.20. The Kier molecular flexibility index (Phi) is 0.978. The van der Waals surface area contributed by atoms with Crippen molar-refractivity contribution in [1.82, 2.24) is 0 Å². The number of hydrogen-bond donors (Lipinski definition) is 0. The van der Waals surface area contributed by atoms with Crippen molar-refractivity contribution < 1.29 is 4.48 Å². The summed E-state index contributed by atoms with van der Waals surface area (Å²) in [4.78, 5) is 4.00. The van der Waals surface area contributed by atoms with Gasteiger partial charge in [-0.05, 0) is 0 Å². The SMILES string of the molecule is CC1=CN=C[N+]1(C)C. The molecule has 0 aromatic rings. The fourth-order valence-corrected chi connectivity index (χ4v) is 0.548. The smallest absolute Gasteiger partial charge is 0.194 e. The van der Waals surface area contributed by atoms with Crippen LogP contribution in [0.3, 0.4) is 0 Å². The summed E-state index contributed by atoms with van der Waals surface area (Å²) in [7, 11) is 4.20. The van der Waals surface area contributed by atoms with Crippen molar-refractivity contribution in [2.75, 3.05) is 14.1 Å². The van der Waals surface area contributed by atoms with Gasteiger partial charge < -0.3 is 0 Å². The minimum absolute atomic E-state index is 0.806. The van der Waals surface area contributed by atoms with E-state index in [1.165, 1.54) is 5.70 Å². The Balaban J connectivity index is 2.87. The summed E-state index contributed by atoms with van der Waals surface area (Å²) in [6.07, 6.45) is 3.80. The predicted octanol–water partition coefficient (Wildman–Crippen LogP) is 0.966. The third-order valence-electron chi connectivity index (χ3n) is 1.53.